The molecular formula is C20H28NO6+. The molecular weight excluding hydrogens is 350 g/mol. The number of carbonyl (C=O) groups is 2. The first-order valence-electron chi connectivity index (χ1n) is 9.04. The third-order valence-electron chi connectivity index (χ3n) is 4.63. The average Bonchev–Trinajstić information content (AvgIpc) is 2.96. The molecule has 1 saturated heterocycles. The summed E-state index contributed by atoms with van der Waals surface area (Å²) in [6.45, 7) is 5.79. The SMILES string of the molecule is COC=Cc1ccc(O[C@@H]2C[C@@H](C)[N@@+](C(=O)O)(C(=O)OCC(C)C)C2)cc1. The predicted octanol–water partition coefficient (Wildman–Crippen LogP) is 4.13. The normalized spacial score (nSPS) is 24.9. The van der Waals surface area contributed by atoms with Crippen molar-refractivity contribution in [2.24, 2.45) is 5.92 Å². The molecule has 3 atom stereocenters. The van der Waals surface area contributed by atoms with Crippen LogP contribution in [0.5, 0.6) is 5.75 Å². The number of methoxy groups -OCH3 is 1. The topological polar surface area (TPSA) is 82.1 Å². The summed E-state index contributed by atoms with van der Waals surface area (Å²) in [7, 11) is 1.58. The molecule has 2 rings (SSSR count). The van der Waals surface area contributed by atoms with E-state index >= 15 is 0 Å². The van der Waals surface area contributed by atoms with Crippen LogP contribution in [0.25, 0.3) is 6.08 Å². The molecule has 2 amide bonds. The van der Waals surface area contributed by atoms with Crippen LogP contribution in [0.4, 0.5) is 9.59 Å². The Balaban J connectivity index is 2.09. The molecule has 7 nitrogen and oxygen atoms in total. The van der Waals surface area contributed by atoms with Crippen LogP contribution in [-0.2, 0) is 9.47 Å². The van der Waals surface area contributed by atoms with Gasteiger partial charge in [0, 0.05) is 6.42 Å². The predicted molar refractivity (Wildman–Crippen MR) is 100 cm³/mol. The number of carboxylic acid groups (broad SMARTS) is 1. The van der Waals surface area contributed by atoms with Crippen LogP contribution >= 0.6 is 0 Å². The third kappa shape index (κ3) is 4.80. The summed E-state index contributed by atoms with van der Waals surface area (Å²) in [6, 6.07) is 6.94. The van der Waals surface area contributed by atoms with Gasteiger partial charge in [-0.1, -0.05) is 26.0 Å². The zero-order valence-electron chi connectivity index (χ0n) is 16.3. The molecule has 27 heavy (non-hydrogen) atoms. The summed E-state index contributed by atoms with van der Waals surface area (Å²) >= 11 is 0. The molecule has 1 aromatic rings. The lowest BCUT2D eigenvalue weighted by Crippen LogP contribution is -2.59. The molecule has 0 bridgehead atoms. The van der Waals surface area contributed by atoms with Gasteiger partial charge in [-0.2, -0.15) is 9.59 Å². The maximum atomic E-state index is 12.6. The average molecular weight is 378 g/mol. The van der Waals surface area contributed by atoms with Crippen molar-refractivity contribution in [3.8, 4) is 5.75 Å². The van der Waals surface area contributed by atoms with Gasteiger partial charge in [-0.25, -0.2) is 0 Å². The largest absolute Gasteiger partial charge is 0.527 e. The van der Waals surface area contributed by atoms with Crippen molar-refractivity contribution in [3.05, 3.63) is 36.1 Å². The molecule has 1 fully saturated rings. The molecule has 7 heteroatoms. The number of rotatable bonds is 6. The number of ether oxygens (including phenoxy) is 3. The molecule has 1 aliphatic rings. The number of carbonyl (C=O) groups excluding carboxylic acids is 1. The molecule has 0 saturated carbocycles. The van der Waals surface area contributed by atoms with Gasteiger partial charge in [0.2, 0.25) is 0 Å². The second-order valence-electron chi connectivity index (χ2n) is 7.24. The lowest BCUT2D eigenvalue weighted by atomic mass is 10.2. The number of hydrogen-bond donors (Lipinski definition) is 1. The Morgan fingerprint density at radius 3 is 2.52 bits per heavy atom. The second-order valence-corrected chi connectivity index (χ2v) is 7.24. The fraction of sp³-hybridized carbons (Fsp3) is 0.500. The first-order chi connectivity index (χ1) is 12.8. The van der Waals surface area contributed by atoms with Gasteiger partial charge in [-0.3, -0.25) is 0 Å². The number of quaternary nitrogens is 1. The van der Waals surface area contributed by atoms with E-state index in [4.69, 9.17) is 14.2 Å². The molecule has 1 aromatic carbocycles. The van der Waals surface area contributed by atoms with E-state index in [0.29, 0.717) is 12.2 Å². The van der Waals surface area contributed by atoms with Gasteiger partial charge < -0.3 is 19.3 Å². The van der Waals surface area contributed by atoms with Crippen LogP contribution in [0, 0.1) is 5.92 Å². The molecule has 1 aliphatic heterocycles. The molecule has 0 unspecified atom stereocenters. The minimum atomic E-state index is -1.21. The van der Waals surface area contributed by atoms with Crippen molar-refractivity contribution in [2.75, 3.05) is 20.3 Å². The Kier molecular flexibility index (Phi) is 6.85. The number of likely N-dealkylation sites (tertiary alicyclic amines) is 1. The standard InChI is InChI=1S/C20H27NO6/c1-14(2)13-26-20(24)21(19(22)23)12-18(11-15(21)3)27-17-7-5-16(6-8-17)9-10-25-4/h5-10,14-15,18H,11-13H2,1-4H3/p+1/t15-,18-,21+/m1/s1. The summed E-state index contributed by atoms with van der Waals surface area (Å²) < 4.78 is 15.3. The number of imide groups is 1. The van der Waals surface area contributed by atoms with E-state index in [1.54, 1.807) is 20.3 Å². The Morgan fingerprint density at radius 1 is 1.30 bits per heavy atom. The molecule has 148 valence electrons. The van der Waals surface area contributed by atoms with E-state index in [-0.39, 0.29) is 25.2 Å². The number of nitrogens with zero attached hydrogens (tertiary/aromatic N) is 1. The quantitative estimate of drug-likeness (QED) is 0.592. The van der Waals surface area contributed by atoms with E-state index in [9.17, 15) is 14.7 Å². The summed E-state index contributed by atoms with van der Waals surface area (Å²) in [5.41, 5.74) is 0.955. The van der Waals surface area contributed by atoms with Crippen molar-refractivity contribution in [2.45, 2.75) is 39.3 Å². The molecule has 0 aromatic heterocycles. The van der Waals surface area contributed by atoms with Crippen LogP contribution < -0.4 is 4.74 Å². The van der Waals surface area contributed by atoms with E-state index < -0.39 is 22.7 Å². The third-order valence-corrected chi connectivity index (χ3v) is 4.63. The first kappa shape index (κ1) is 20.8. The van der Waals surface area contributed by atoms with Crippen molar-refractivity contribution in [1.82, 2.24) is 0 Å². The molecule has 0 radical (unpaired) electrons. The zero-order valence-corrected chi connectivity index (χ0v) is 16.3. The van der Waals surface area contributed by atoms with Crippen LogP contribution in [0.15, 0.2) is 30.5 Å². The summed E-state index contributed by atoms with van der Waals surface area (Å²) in [6.07, 6.45) is 1.53. The zero-order chi connectivity index (χ0) is 20.0. The maximum absolute atomic E-state index is 12.6. The van der Waals surface area contributed by atoms with Gasteiger partial charge in [0.1, 0.15) is 18.3 Å². The molecule has 1 heterocycles. The lowest BCUT2D eigenvalue weighted by molar-refractivity contribution is -0.796. The highest BCUT2D eigenvalue weighted by molar-refractivity contribution is 5.75. The van der Waals surface area contributed by atoms with E-state index in [2.05, 4.69) is 0 Å². The second kappa shape index (κ2) is 8.90. The maximum Gasteiger partial charge on any atom is 0.527 e. The van der Waals surface area contributed by atoms with Crippen LogP contribution in [0.3, 0.4) is 0 Å². The first-order valence-corrected chi connectivity index (χ1v) is 9.04. The summed E-state index contributed by atoms with van der Waals surface area (Å²) in [4.78, 5) is 24.5. The Labute approximate surface area is 159 Å². The van der Waals surface area contributed by atoms with Crippen LogP contribution in [0.2, 0.25) is 0 Å². The highest BCUT2D eigenvalue weighted by Gasteiger charge is 2.59. The highest BCUT2D eigenvalue weighted by Crippen LogP contribution is 2.32. The number of hydrogen-bond acceptors (Lipinski definition) is 5. The summed E-state index contributed by atoms with van der Waals surface area (Å²) in [5.74, 6) is 0.765. The molecule has 0 aliphatic carbocycles. The van der Waals surface area contributed by atoms with E-state index in [0.717, 1.165) is 5.56 Å². The number of benzene rings is 1. The van der Waals surface area contributed by atoms with Crippen molar-refractivity contribution < 1.29 is 33.4 Å². The monoisotopic (exact) mass is 378 g/mol. The fourth-order valence-corrected chi connectivity index (χ4v) is 3.17. The molecule has 0 spiro atoms. The van der Waals surface area contributed by atoms with Gasteiger partial charge in [-0.05, 0) is 36.6 Å². The summed E-state index contributed by atoms with van der Waals surface area (Å²) in [5, 5.41) is 9.77. The Morgan fingerprint density at radius 2 is 1.96 bits per heavy atom. The van der Waals surface area contributed by atoms with E-state index in [1.807, 2.05) is 44.2 Å². The minimum Gasteiger partial charge on any atom is -0.504 e. The van der Waals surface area contributed by atoms with Gasteiger partial charge in [0.05, 0.1) is 20.0 Å². The van der Waals surface area contributed by atoms with Gasteiger partial charge in [0.15, 0.2) is 6.10 Å². The minimum absolute atomic E-state index is 0.0404. The fourth-order valence-electron chi connectivity index (χ4n) is 3.17. The lowest BCUT2D eigenvalue weighted by Gasteiger charge is -2.28. The highest BCUT2D eigenvalue weighted by atomic mass is 16.6. The Hall–Kier alpha value is -2.54. The van der Waals surface area contributed by atoms with E-state index in [1.165, 1.54) is 0 Å². The number of amides is 2. The van der Waals surface area contributed by atoms with Crippen LogP contribution in [-0.4, -0.2) is 54.2 Å². The van der Waals surface area contributed by atoms with Crippen molar-refractivity contribution in [1.29, 1.82) is 0 Å². The van der Waals surface area contributed by atoms with Gasteiger partial charge in [-0.15, -0.1) is 4.48 Å². The van der Waals surface area contributed by atoms with Gasteiger partial charge >= 0.3 is 12.2 Å². The smallest absolute Gasteiger partial charge is 0.504 e. The van der Waals surface area contributed by atoms with Gasteiger partial charge in [0.25, 0.3) is 0 Å². The van der Waals surface area contributed by atoms with Crippen molar-refractivity contribution >= 4 is 18.3 Å². The Bertz CT molecular complexity index is 684. The van der Waals surface area contributed by atoms with Crippen LogP contribution in [0.1, 0.15) is 32.8 Å². The molecule has 1 N–H and O–H groups in total. The van der Waals surface area contributed by atoms with Crippen molar-refractivity contribution in [3.63, 3.8) is 0 Å².